The number of aromatic nitrogens is 3. The Morgan fingerprint density at radius 3 is 2.95 bits per heavy atom. The van der Waals surface area contributed by atoms with Gasteiger partial charge in [0.05, 0.1) is 22.6 Å². The lowest BCUT2D eigenvalue weighted by atomic mass is 10.2. The molecule has 8 heteroatoms. The molecule has 100 valence electrons. The molecule has 1 aromatic heterocycles. The van der Waals surface area contributed by atoms with E-state index in [0.717, 1.165) is 10.2 Å². The standard InChI is InChI=1S/C11H10BrClN4O2/c12-8-2-1-7(4-9(8)13)17-5-6(15-16-17)3-10(14)11(18)19/h1-2,4-5,10H,3,14H2,(H,18,19). The van der Waals surface area contributed by atoms with Crippen LogP contribution in [-0.4, -0.2) is 32.1 Å². The Hall–Kier alpha value is -1.44. The van der Waals surface area contributed by atoms with Crippen LogP contribution in [0.25, 0.3) is 5.69 Å². The van der Waals surface area contributed by atoms with Crippen molar-refractivity contribution in [1.82, 2.24) is 15.0 Å². The topological polar surface area (TPSA) is 94.0 Å². The number of hydrogen-bond acceptors (Lipinski definition) is 4. The molecule has 0 aliphatic heterocycles. The minimum absolute atomic E-state index is 0.125. The van der Waals surface area contributed by atoms with Crippen LogP contribution in [0.4, 0.5) is 0 Å². The minimum Gasteiger partial charge on any atom is -0.480 e. The smallest absolute Gasteiger partial charge is 0.320 e. The summed E-state index contributed by atoms with van der Waals surface area (Å²) in [5, 5.41) is 17.1. The van der Waals surface area contributed by atoms with E-state index in [1.807, 2.05) is 6.07 Å². The first-order chi connectivity index (χ1) is 8.97. The number of carbonyl (C=O) groups is 1. The van der Waals surface area contributed by atoms with Crippen LogP contribution in [0, 0.1) is 0 Å². The van der Waals surface area contributed by atoms with Gasteiger partial charge in [0.15, 0.2) is 0 Å². The molecule has 0 saturated heterocycles. The normalized spacial score (nSPS) is 12.4. The molecular weight excluding hydrogens is 336 g/mol. The maximum absolute atomic E-state index is 10.7. The molecule has 0 amide bonds. The Morgan fingerprint density at radius 2 is 2.32 bits per heavy atom. The molecule has 1 unspecified atom stereocenters. The molecule has 0 fully saturated rings. The average molecular weight is 346 g/mol. The number of hydrogen-bond donors (Lipinski definition) is 2. The second kappa shape index (κ2) is 5.68. The van der Waals surface area contributed by atoms with Crippen molar-refractivity contribution in [3.8, 4) is 5.69 Å². The van der Waals surface area contributed by atoms with Gasteiger partial charge in [-0.05, 0) is 34.1 Å². The summed E-state index contributed by atoms with van der Waals surface area (Å²) in [4.78, 5) is 10.7. The van der Waals surface area contributed by atoms with Gasteiger partial charge in [0.2, 0.25) is 0 Å². The van der Waals surface area contributed by atoms with E-state index in [2.05, 4.69) is 26.2 Å². The molecule has 19 heavy (non-hydrogen) atoms. The molecule has 0 radical (unpaired) electrons. The highest BCUT2D eigenvalue weighted by Gasteiger charge is 2.14. The molecule has 2 rings (SSSR count). The SMILES string of the molecule is NC(Cc1cn(-c2ccc(Br)c(Cl)c2)nn1)C(=O)O. The van der Waals surface area contributed by atoms with Gasteiger partial charge in [0.1, 0.15) is 6.04 Å². The Balaban J connectivity index is 2.20. The third-order valence-corrected chi connectivity index (χ3v) is 3.69. The molecule has 1 aromatic carbocycles. The Kier molecular flexibility index (Phi) is 4.18. The van der Waals surface area contributed by atoms with E-state index in [1.165, 1.54) is 4.68 Å². The quantitative estimate of drug-likeness (QED) is 0.878. The van der Waals surface area contributed by atoms with Gasteiger partial charge in [-0.3, -0.25) is 4.79 Å². The highest BCUT2D eigenvalue weighted by Crippen LogP contribution is 2.24. The highest BCUT2D eigenvalue weighted by molar-refractivity contribution is 9.10. The van der Waals surface area contributed by atoms with Gasteiger partial charge in [-0.1, -0.05) is 16.8 Å². The van der Waals surface area contributed by atoms with Crippen molar-refractivity contribution in [3.05, 3.63) is 39.6 Å². The molecular formula is C11H10BrClN4O2. The number of rotatable bonds is 4. The fourth-order valence-electron chi connectivity index (χ4n) is 1.46. The Morgan fingerprint density at radius 1 is 1.58 bits per heavy atom. The molecule has 6 nitrogen and oxygen atoms in total. The predicted octanol–water partition coefficient (Wildman–Crippen LogP) is 1.64. The third kappa shape index (κ3) is 3.31. The van der Waals surface area contributed by atoms with E-state index in [1.54, 1.807) is 18.3 Å². The molecule has 0 spiro atoms. The first kappa shape index (κ1) is 14.0. The second-order valence-electron chi connectivity index (χ2n) is 3.90. The van der Waals surface area contributed by atoms with Crippen LogP contribution in [-0.2, 0) is 11.2 Å². The summed E-state index contributed by atoms with van der Waals surface area (Å²) in [6, 6.07) is 4.34. The molecule has 3 N–H and O–H groups in total. The number of carboxylic acids is 1. The van der Waals surface area contributed by atoms with Crippen molar-refractivity contribution in [2.24, 2.45) is 5.73 Å². The van der Waals surface area contributed by atoms with E-state index in [0.29, 0.717) is 10.7 Å². The van der Waals surface area contributed by atoms with Gasteiger partial charge in [-0.25, -0.2) is 4.68 Å². The second-order valence-corrected chi connectivity index (χ2v) is 5.16. The van der Waals surface area contributed by atoms with Crippen molar-refractivity contribution in [2.75, 3.05) is 0 Å². The van der Waals surface area contributed by atoms with Crippen LogP contribution in [0.15, 0.2) is 28.9 Å². The van der Waals surface area contributed by atoms with Crippen LogP contribution >= 0.6 is 27.5 Å². The summed E-state index contributed by atoms with van der Waals surface area (Å²) >= 11 is 9.29. The van der Waals surface area contributed by atoms with Gasteiger partial charge in [-0.15, -0.1) is 5.10 Å². The maximum atomic E-state index is 10.7. The average Bonchev–Trinajstić information content (AvgIpc) is 2.81. The Bertz CT molecular complexity index is 616. The van der Waals surface area contributed by atoms with Gasteiger partial charge in [-0.2, -0.15) is 0 Å². The molecule has 1 heterocycles. The fourth-order valence-corrected chi connectivity index (χ4v) is 1.88. The fraction of sp³-hybridized carbons (Fsp3) is 0.182. The van der Waals surface area contributed by atoms with Crippen molar-refractivity contribution >= 4 is 33.5 Å². The van der Waals surface area contributed by atoms with E-state index in [4.69, 9.17) is 22.4 Å². The monoisotopic (exact) mass is 344 g/mol. The molecule has 0 aliphatic rings. The number of carboxylic acid groups (broad SMARTS) is 1. The van der Waals surface area contributed by atoms with E-state index >= 15 is 0 Å². The zero-order valence-electron chi connectivity index (χ0n) is 9.62. The Labute approximate surface area is 122 Å². The lowest BCUT2D eigenvalue weighted by molar-refractivity contribution is -0.138. The van der Waals surface area contributed by atoms with Crippen LogP contribution in [0.3, 0.4) is 0 Å². The number of nitrogens with zero attached hydrogens (tertiary/aromatic N) is 3. The van der Waals surface area contributed by atoms with Gasteiger partial charge < -0.3 is 10.8 Å². The van der Waals surface area contributed by atoms with Gasteiger partial charge >= 0.3 is 5.97 Å². The molecule has 1 atom stereocenters. The molecule has 0 aliphatic carbocycles. The summed E-state index contributed by atoms with van der Waals surface area (Å²) in [5.41, 5.74) is 6.68. The third-order valence-electron chi connectivity index (χ3n) is 2.45. The van der Waals surface area contributed by atoms with Gasteiger partial charge in [0, 0.05) is 10.9 Å². The minimum atomic E-state index is -1.07. The van der Waals surface area contributed by atoms with Crippen molar-refractivity contribution in [3.63, 3.8) is 0 Å². The lowest BCUT2D eigenvalue weighted by Gasteiger charge is -2.03. The van der Waals surface area contributed by atoms with E-state index in [-0.39, 0.29) is 6.42 Å². The van der Waals surface area contributed by atoms with E-state index in [9.17, 15) is 4.79 Å². The molecule has 0 bridgehead atoms. The zero-order valence-corrected chi connectivity index (χ0v) is 12.0. The predicted molar refractivity (Wildman–Crippen MR) is 73.4 cm³/mol. The molecule has 2 aromatic rings. The lowest BCUT2D eigenvalue weighted by Crippen LogP contribution is -2.32. The van der Waals surface area contributed by atoms with Gasteiger partial charge in [0.25, 0.3) is 0 Å². The number of aliphatic carboxylic acids is 1. The first-order valence-corrected chi connectivity index (χ1v) is 6.49. The van der Waals surface area contributed by atoms with Crippen LogP contribution in [0.1, 0.15) is 5.69 Å². The van der Waals surface area contributed by atoms with Crippen molar-refractivity contribution < 1.29 is 9.90 Å². The number of benzene rings is 1. The largest absolute Gasteiger partial charge is 0.480 e. The highest BCUT2D eigenvalue weighted by atomic mass is 79.9. The van der Waals surface area contributed by atoms with E-state index < -0.39 is 12.0 Å². The number of halogens is 2. The van der Waals surface area contributed by atoms with Crippen molar-refractivity contribution in [1.29, 1.82) is 0 Å². The summed E-state index contributed by atoms with van der Waals surface area (Å²) in [7, 11) is 0. The maximum Gasteiger partial charge on any atom is 0.320 e. The zero-order chi connectivity index (χ0) is 14.0. The summed E-state index contributed by atoms with van der Waals surface area (Å²) in [5.74, 6) is -1.07. The van der Waals surface area contributed by atoms with Crippen LogP contribution in [0.5, 0.6) is 0 Å². The number of nitrogens with two attached hydrogens (primary N) is 1. The summed E-state index contributed by atoms with van der Waals surface area (Å²) < 4.78 is 2.30. The first-order valence-electron chi connectivity index (χ1n) is 5.32. The van der Waals surface area contributed by atoms with Crippen LogP contribution < -0.4 is 5.73 Å². The van der Waals surface area contributed by atoms with Crippen molar-refractivity contribution in [2.45, 2.75) is 12.5 Å². The van der Waals surface area contributed by atoms with Crippen LogP contribution in [0.2, 0.25) is 5.02 Å². The summed E-state index contributed by atoms with van der Waals surface area (Å²) in [6.07, 6.45) is 1.75. The summed E-state index contributed by atoms with van der Waals surface area (Å²) in [6.45, 7) is 0. The molecule has 0 saturated carbocycles.